The normalized spacial score (nSPS) is 21.5. The molecule has 144 valence electrons. The Bertz CT molecular complexity index is 928. The molecule has 2 aromatic rings. The lowest BCUT2D eigenvalue weighted by Crippen LogP contribution is -2.46. The number of aryl methyl sites for hydroxylation is 1. The second-order valence-electron chi connectivity index (χ2n) is 7.22. The second-order valence-corrected chi connectivity index (χ2v) is 7.22. The zero-order chi connectivity index (χ0) is 19.7. The first-order valence-corrected chi connectivity index (χ1v) is 9.65. The number of nitrogens with zero attached hydrogens (tertiary/aromatic N) is 2. The molecule has 1 fully saturated rings. The molecule has 6 nitrogen and oxygen atoms in total. The summed E-state index contributed by atoms with van der Waals surface area (Å²) in [6.07, 6.45) is 2.21. The van der Waals surface area contributed by atoms with Gasteiger partial charge in [0.2, 0.25) is 5.91 Å². The van der Waals surface area contributed by atoms with E-state index < -0.39 is 11.6 Å². The smallest absolute Gasteiger partial charge is 0.319 e. The molecule has 0 bridgehead atoms. The van der Waals surface area contributed by atoms with Crippen LogP contribution in [0.25, 0.3) is 0 Å². The number of imide groups is 1. The minimum absolute atomic E-state index is 0.240. The van der Waals surface area contributed by atoms with Crippen LogP contribution in [0.1, 0.15) is 30.9 Å². The Morgan fingerprint density at radius 3 is 2.54 bits per heavy atom. The molecular weight excluding hydrogens is 354 g/mol. The summed E-state index contributed by atoms with van der Waals surface area (Å²) in [4.78, 5) is 41.6. The average Bonchev–Trinajstić information content (AvgIpc) is 2.99. The van der Waals surface area contributed by atoms with E-state index in [1.807, 2.05) is 61.5 Å². The van der Waals surface area contributed by atoms with Crippen molar-refractivity contribution in [1.82, 2.24) is 10.2 Å². The molecule has 0 aromatic heterocycles. The predicted octanol–water partition coefficient (Wildman–Crippen LogP) is 2.82. The average molecular weight is 377 g/mol. The van der Waals surface area contributed by atoms with Gasteiger partial charge in [0.05, 0.1) is 0 Å². The molecule has 0 spiro atoms. The fraction of sp³-hybridized carbons (Fsp3) is 0.318. The van der Waals surface area contributed by atoms with Gasteiger partial charge in [-0.15, -0.1) is 0 Å². The number of anilines is 1. The molecule has 4 rings (SSSR count). The molecule has 0 saturated carbocycles. The Hall–Kier alpha value is -3.15. The van der Waals surface area contributed by atoms with Gasteiger partial charge >= 0.3 is 6.03 Å². The van der Waals surface area contributed by atoms with Crippen molar-refractivity contribution in [2.24, 2.45) is 0 Å². The summed E-state index contributed by atoms with van der Waals surface area (Å²) in [6.45, 7) is 2.20. The number of hydrogen-bond acceptors (Lipinski definition) is 3. The van der Waals surface area contributed by atoms with Crippen molar-refractivity contribution in [3.05, 3.63) is 65.7 Å². The van der Waals surface area contributed by atoms with Crippen LogP contribution in [0.2, 0.25) is 0 Å². The van der Waals surface area contributed by atoms with E-state index in [0.717, 1.165) is 34.6 Å². The molecule has 2 aliphatic heterocycles. The maximum atomic E-state index is 13.2. The molecule has 1 unspecified atom stereocenters. The van der Waals surface area contributed by atoms with E-state index >= 15 is 0 Å². The first-order chi connectivity index (χ1) is 13.6. The summed E-state index contributed by atoms with van der Waals surface area (Å²) in [5.41, 5.74) is 1.61. The molecule has 2 aromatic carbocycles. The minimum Gasteiger partial charge on any atom is -0.319 e. The van der Waals surface area contributed by atoms with E-state index in [-0.39, 0.29) is 18.4 Å². The van der Waals surface area contributed by atoms with Crippen molar-refractivity contribution in [2.75, 3.05) is 18.0 Å². The zero-order valence-corrected chi connectivity index (χ0v) is 15.9. The highest BCUT2D eigenvalue weighted by Gasteiger charge is 2.51. The maximum absolute atomic E-state index is 13.2. The van der Waals surface area contributed by atoms with Crippen molar-refractivity contribution < 1.29 is 14.4 Å². The number of nitrogens with one attached hydrogen (secondary N) is 1. The monoisotopic (exact) mass is 377 g/mol. The highest BCUT2D eigenvalue weighted by molar-refractivity contribution is 6.10. The fourth-order valence-corrected chi connectivity index (χ4v) is 4.15. The molecule has 2 aliphatic rings. The minimum atomic E-state index is -1.11. The van der Waals surface area contributed by atoms with E-state index in [1.54, 1.807) is 4.90 Å². The molecule has 28 heavy (non-hydrogen) atoms. The van der Waals surface area contributed by atoms with E-state index in [4.69, 9.17) is 0 Å². The van der Waals surface area contributed by atoms with Gasteiger partial charge in [0.15, 0.2) is 0 Å². The number of rotatable bonds is 4. The summed E-state index contributed by atoms with van der Waals surface area (Å²) in [5, 5.41) is 2.83. The van der Waals surface area contributed by atoms with Gasteiger partial charge in [-0.25, -0.2) is 4.79 Å². The molecule has 0 aliphatic carbocycles. The SMILES string of the molecule is CCC1(c2ccccc2)NC(=O)N(CC(=O)N2CCCc3ccccc32)C1=O. The maximum Gasteiger partial charge on any atom is 0.325 e. The second kappa shape index (κ2) is 7.11. The van der Waals surface area contributed by atoms with Crippen LogP contribution in [-0.2, 0) is 21.5 Å². The van der Waals surface area contributed by atoms with Crippen molar-refractivity contribution in [3.8, 4) is 0 Å². The van der Waals surface area contributed by atoms with Crippen LogP contribution in [0, 0.1) is 0 Å². The lowest BCUT2D eigenvalue weighted by atomic mass is 9.87. The lowest BCUT2D eigenvalue weighted by molar-refractivity contribution is -0.134. The summed E-state index contributed by atoms with van der Waals surface area (Å²) < 4.78 is 0. The number of hydrogen-bond donors (Lipinski definition) is 1. The Morgan fingerprint density at radius 1 is 1.07 bits per heavy atom. The standard InChI is InChI=1S/C22H23N3O3/c1-2-22(17-11-4-3-5-12-17)20(27)25(21(28)23-22)15-19(26)24-14-8-10-16-9-6-7-13-18(16)24/h3-7,9,11-13H,2,8,10,14-15H2,1H3,(H,23,28). The molecule has 1 N–H and O–H groups in total. The van der Waals surface area contributed by atoms with Crippen LogP contribution in [-0.4, -0.2) is 35.8 Å². The number of amides is 4. The molecule has 1 saturated heterocycles. The number of benzene rings is 2. The van der Waals surface area contributed by atoms with E-state index in [9.17, 15) is 14.4 Å². The van der Waals surface area contributed by atoms with Gasteiger partial charge in [0.1, 0.15) is 12.1 Å². The van der Waals surface area contributed by atoms with Gasteiger partial charge in [-0.3, -0.25) is 14.5 Å². The number of carbonyl (C=O) groups is 3. The Balaban J connectivity index is 1.58. The van der Waals surface area contributed by atoms with Gasteiger partial charge in [0, 0.05) is 12.2 Å². The quantitative estimate of drug-likeness (QED) is 0.833. The van der Waals surface area contributed by atoms with E-state index in [1.165, 1.54) is 0 Å². The largest absolute Gasteiger partial charge is 0.325 e. The van der Waals surface area contributed by atoms with Crippen LogP contribution in [0.4, 0.5) is 10.5 Å². The van der Waals surface area contributed by atoms with Gasteiger partial charge in [-0.05, 0) is 36.5 Å². The van der Waals surface area contributed by atoms with Crippen LogP contribution in [0.5, 0.6) is 0 Å². The fourth-order valence-electron chi connectivity index (χ4n) is 4.15. The van der Waals surface area contributed by atoms with Crippen molar-refractivity contribution >= 4 is 23.5 Å². The molecule has 6 heteroatoms. The number of carbonyl (C=O) groups excluding carboxylic acids is 3. The molecule has 2 heterocycles. The third-order valence-electron chi connectivity index (χ3n) is 5.68. The molecule has 0 radical (unpaired) electrons. The molecule has 1 atom stereocenters. The zero-order valence-electron chi connectivity index (χ0n) is 15.9. The highest BCUT2D eigenvalue weighted by Crippen LogP contribution is 2.33. The Morgan fingerprint density at radius 2 is 1.79 bits per heavy atom. The summed E-state index contributed by atoms with van der Waals surface area (Å²) in [6, 6.07) is 16.5. The number of urea groups is 1. The van der Waals surface area contributed by atoms with Crippen LogP contribution in [0.15, 0.2) is 54.6 Å². The summed E-state index contributed by atoms with van der Waals surface area (Å²) in [7, 11) is 0. The number of para-hydroxylation sites is 1. The van der Waals surface area contributed by atoms with Crippen LogP contribution >= 0.6 is 0 Å². The summed E-state index contributed by atoms with van der Waals surface area (Å²) >= 11 is 0. The Kier molecular flexibility index (Phi) is 4.63. The topological polar surface area (TPSA) is 69.7 Å². The van der Waals surface area contributed by atoms with Gasteiger partial charge in [0.25, 0.3) is 5.91 Å². The van der Waals surface area contributed by atoms with Crippen LogP contribution < -0.4 is 10.2 Å². The van der Waals surface area contributed by atoms with Crippen molar-refractivity contribution in [3.63, 3.8) is 0 Å². The first kappa shape index (κ1) is 18.2. The molecular formula is C22H23N3O3. The third-order valence-corrected chi connectivity index (χ3v) is 5.68. The van der Waals surface area contributed by atoms with Crippen molar-refractivity contribution in [2.45, 2.75) is 31.7 Å². The van der Waals surface area contributed by atoms with Gasteiger partial charge in [-0.2, -0.15) is 0 Å². The predicted molar refractivity (Wildman–Crippen MR) is 106 cm³/mol. The van der Waals surface area contributed by atoms with Gasteiger partial charge < -0.3 is 10.2 Å². The van der Waals surface area contributed by atoms with Crippen LogP contribution in [0.3, 0.4) is 0 Å². The number of fused-ring (bicyclic) bond motifs is 1. The van der Waals surface area contributed by atoms with Gasteiger partial charge in [-0.1, -0.05) is 55.5 Å². The Labute approximate surface area is 164 Å². The first-order valence-electron chi connectivity index (χ1n) is 9.65. The molecule has 4 amide bonds. The lowest BCUT2D eigenvalue weighted by Gasteiger charge is -2.30. The van der Waals surface area contributed by atoms with Crippen molar-refractivity contribution in [1.29, 1.82) is 0 Å². The summed E-state index contributed by atoms with van der Waals surface area (Å²) in [5.74, 6) is -0.611. The van der Waals surface area contributed by atoms with E-state index in [0.29, 0.717) is 13.0 Å². The van der Waals surface area contributed by atoms with E-state index in [2.05, 4.69) is 5.32 Å². The highest BCUT2D eigenvalue weighted by atomic mass is 16.2. The third kappa shape index (κ3) is 2.85.